The van der Waals surface area contributed by atoms with Crippen molar-refractivity contribution < 1.29 is 4.74 Å². The molecule has 0 aromatic heterocycles. The highest BCUT2D eigenvalue weighted by Crippen LogP contribution is 2.22. The van der Waals surface area contributed by atoms with Crippen molar-refractivity contribution in [3.05, 3.63) is 29.3 Å². The number of hydrogen-bond donors (Lipinski definition) is 1. The molecule has 1 aromatic carbocycles. The molecule has 0 saturated carbocycles. The quantitative estimate of drug-likeness (QED) is 0.863. The lowest BCUT2D eigenvalue weighted by Gasteiger charge is -2.23. The molecule has 1 saturated heterocycles. The van der Waals surface area contributed by atoms with Gasteiger partial charge in [0.05, 0.1) is 6.61 Å². The first-order chi connectivity index (χ1) is 8.29. The van der Waals surface area contributed by atoms with Crippen LogP contribution in [-0.4, -0.2) is 19.7 Å². The maximum atomic E-state index is 5.52. The Labute approximate surface area is 104 Å². The predicted octanol–water partition coefficient (Wildman–Crippen LogP) is 2.94. The van der Waals surface area contributed by atoms with Crippen molar-refractivity contribution in [3.8, 4) is 5.75 Å². The summed E-state index contributed by atoms with van der Waals surface area (Å²) in [5, 5.41) is 3.48. The zero-order valence-corrected chi connectivity index (χ0v) is 11.0. The smallest absolute Gasteiger partial charge is 0.119 e. The van der Waals surface area contributed by atoms with Gasteiger partial charge in [-0.1, -0.05) is 6.07 Å². The Bertz CT molecular complexity index is 356. The minimum atomic E-state index is 0.741. The average molecular weight is 233 g/mol. The predicted molar refractivity (Wildman–Crippen MR) is 71.6 cm³/mol. The molecule has 0 aliphatic carbocycles. The van der Waals surface area contributed by atoms with Crippen LogP contribution in [0.5, 0.6) is 5.75 Å². The molecule has 1 aliphatic rings. The third-order valence-electron chi connectivity index (χ3n) is 3.53. The number of rotatable bonds is 4. The Morgan fingerprint density at radius 3 is 2.94 bits per heavy atom. The van der Waals surface area contributed by atoms with Crippen LogP contribution in [0, 0.1) is 12.8 Å². The van der Waals surface area contributed by atoms with Gasteiger partial charge in [-0.15, -0.1) is 0 Å². The minimum absolute atomic E-state index is 0.741. The summed E-state index contributed by atoms with van der Waals surface area (Å²) in [4.78, 5) is 0. The average Bonchev–Trinajstić information content (AvgIpc) is 2.34. The number of ether oxygens (including phenoxy) is 1. The highest BCUT2D eigenvalue weighted by atomic mass is 16.5. The molecule has 1 aromatic rings. The molecule has 0 spiro atoms. The zero-order valence-electron chi connectivity index (χ0n) is 11.0. The van der Waals surface area contributed by atoms with E-state index >= 15 is 0 Å². The molecule has 1 atom stereocenters. The van der Waals surface area contributed by atoms with Crippen LogP contribution in [0.25, 0.3) is 0 Å². The van der Waals surface area contributed by atoms with Crippen molar-refractivity contribution >= 4 is 0 Å². The third-order valence-corrected chi connectivity index (χ3v) is 3.53. The van der Waals surface area contributed by atoms with Crippen LogP contribution in [0.2, 0.25) is 0 Å². The van der Waals surface area contributed by atoms with Crippen molar-refractivity contribution in [3.63, 3.8) is 0 Å². The largest absolute Gasteiger partial charge is 0.494 e. The van der Waals surface area contributed by atoms with Crippen molar-refractivity contribution in [1.82, 2.24) is 5.32 Å². The van der Waals surface area contributed by atoms with Crippen molar-refractivity contribution in [2.45, 2.75) is 33.1 Å². The van der Waals surface area contributed by atoms with Gasteiger partial charge in [0.15, 0.2) is 0 Å². The monoisotopic (exact) mass is 233 g/mol. The lowest BCUT2D eigenvalue weighted by molar-refractivity contribution is 0.339. The Balaban J connectivity index is 2.00. The Hall–Kier alpha value is -1.02. The van der Waals surface area contributed by atoms with E-state index in [-0.39, 0.29) is 0 Å². The Kier molecular flexibility index (Phi) is 4.43. The van der Waals surface area contributed by atoms with E-state index in [0.717, 1.165) is 18.3 Å². The SMILES string of the molecule is CCOc1ccc(CC2CCCNC2)c(C)c1. The molecular formula is C15H23NO. The van der Waals surface area contributed by atoms with Gasteiger partial charge in [-0.3, -0.25) is 0 Å². The van der Waals surface area contributed by atoms with E-state index < -0.39 is 0 Å². The maximum absolute atomic E-state index is 5.52. The van der Waals surface area contributed by atoms with E-state index in [9.17, 15) is 0 Å². The van der Waals surface area contributed by atoms with Gasteiger partial charge in [0.2, 0.25) is 0 Å². The maximum Gasteiger partial charge on any atom is 0.119 e. The normalized spacial score (nSPS) is 20.2. The number of nitrogens with one attached hydrogen (secondary N) is 1. The van der Waals surface area contributed by atoms with Crippen molar-refractivity contribution in [2.75, 3.05) is 19.7 Å². The van der Waals surface area contributed by atoms with Crippen LogP contribution in [0.1, 0.15) is 30.9 Å². The van der Waals surface area contributed by atoms with E-state index in [2.05, 4.69) is 30.4 Å². The summed E-state index contributed by atoms with van der Waals surface area (Å²) in [5.41, 5.74) is 2.84. The molecule has 17 heavy (non-hydrogen) atoms. The first-order valence-corrected chi connectivity index (χ1v) is 6.72. The molecule has 1 unspecified atom stereocenters. The fourth-order valence-corrected chi connectivity index (χ4v) is 2.56. The second kappa shape index (κ2) is 6.06. The second-order valence-electron chi connectivity index (χ2n) is 4.94. The Morgan fingerprint density at radius 2 is 2.29 bits per heavy atom. The Morgan fingerprint density at radius 1 is 1.41 bits per heavy atom. The summed E-state index contributed by atoms with van der Waals surface area (Å²) in [6.45, 7) is 7.32. The third kappa shape index (κ3) is 3.47. The van der Waals surface area contributed by atoms with Crippen LogP contribution in [0.15, 0.2) is 18.2 Å². The summed E-state index contributed by atoms with van der Waals surface area (Å²) in [6.07, 6.45) is 3.88. The van der Waals surface area contributed by atoms with Gasteiger partial charge in [-0.25, -0.2) is 0 Å². The van der Waals surface area contributed by atoms with Crippen LogP contribution >= 0.6 is 0 Å². The molecule has 1 aliphatic heterocycles. The molecule has 0 amide bonds. The van der Waals surface area contributed by atoms with Crippen LogP contribution < -0.4 is 10.1 Å². The molecular weight excluding hydrogens is 210 g/mol. The topological polar surface area (TPSA) is 21.3 Å². The number of aryl methyl sites for hydroxylation is 1. The van der Waals surface area contributed by atoms with Gasteiger partial charge in [-0.2, -0.15) is 0 Å². The van der Waals surface area contributed by atoms with E-state index in [1.165, 1.54) is 43.5 Å². The van der Waals surface area contributed by atoms with E-state index in [0.29, 0.717) is 0 Å². The molecule has 1 fully saturated rings. The summed E-state index contributed by atoms with van der Waals surface area (Å²) < 4.78 is 5.52. The molecule has 1 heterocycles. The summed E-state index contributed by atoms with van der Waals surface area (Å²) >= 11 is 0. The second-order valence-corrected chi connectivity index (χ2v) is 4.94. The van der Waals surface area contributed by atoms with Gasteiger partial charge in [0, 0.05) is 0 Å². The van der Waals surface area contributed by atoms with Gasteiger partial charge in [-0.05, 0) is 75.4 Å². The highest BCUT2D eigenvalue weighted by molar-refractivity contribution is 5.35. The summed E-state index contributed by atoms with van der Waals surface area (Å²) in [5.74, 6) is 1.80. The number of hydrogen-bond acceptors (Lipinski definition) is 2. The van der Waals surface area contributed by atoms with E-state index in [1.807, 2.05) is 6.92 Å². The molecule has 1 N–H and O–H groups in total. The van der Waals surface area contributed by atoms with Gasteiger partial charge in [0.1, 0.15) is 5.75 Å². The number of benzene rings is 1. The minimum Gasteiger partial charge on any atom is -0.494 e. The van der Waals surface area contributed by atoms with Gasteiger partial charge < -0.3 is 10.1 Å². The molecule has 2 nitrogen and oxygen atoms in total. The fourth-order valence-electron chi connectivity index (χ4n) is 2.56. The lowest BCUT2D eigenvalue weighted by Crippen LogP contribution is -2.30. The zero-order chi connectivity index (χ0) is 12.1. The molecule has 94 valence electrons. The first kappa shape index (κ1) is 12.4. The standard InChI is InChI=1S/C15H23NO/c1-3-17-15-7-6-14(12(2)9-15)10-13-5-4-8-16-11-13/h6-7,9,13,16H,3-5,8,10-11H2,1-2H3. The van der Waals surface area contributed by atoms with Crippen LogP contribution in [0.4, 0.5) is 0 Å². The van der Waals surface area contributed by atoms with Crippen molar-refractivity contribution in [1.29, 1.82) is 0 Å². The lowest BCUT2D eigenvalue weighted by atomic mass is 9.90. The van der Waals surface area contributed by atoms with Gasteiger partial charge >= 0.3 is 0 Å². The van der Waals surface area contributed by atoms with Crippen LogP contribution in [0.3, 0.4) is 0 Å². The molecule has 0 radical (unpaired) electrons. The van der Waals surface area contributed by atoms with E-state index in [1.54, 1.807) is 0 Å². The van der Waals surface area contributed by atoms with Crippen molar-refractivity contribution in [2.24, 2.45) is 5.92 Å². The summed E-state index contributed by atoms with van der Waals surface area (Å²) in [7, 11) is 0. The molecule has 0 bridgehead atoms. The summed E-state index contributed by atoms with van der Waals surface area (Å²) in [6, 6.07) is 6.49. The van der Waals surface area contributed by atoms with E-state index in [4.69, 9.17) is 4.74 Å². The highest BCUT2D eigenvalue weighted by Gasteiger charge is 2.14. The van der Waals surface area contributed by atoms with Gasteiger partial charge in [0.25, 0.3) is 0 Å². The fraction of sp³-hybridized carbons (Fsp3) is 0.600. The molecule has 2 rings (SSSR count). The van der Waals surface area contributed by atoms with Crippen LogP contribution in [-0.2, 0) is 6.42 Å². The molecule has 2 heteroatoms. The first-order valence-electron chi connectivity index (χ1n) is 6.72. The number of piperidine rings is 1.